The molecule has 2 atom stereocenters. The molecule has 2 unspecified atom stereocenters. The fourth-order valence-electron chi connectivity index (χ4n) is 2.89. The standard InChI is InChI=1S/C19H17F3N2O2/c20-12-4-1-3-11(9-12)13-10-14(13)18(25)23-7-8-24-19(26)17-15(21)5-2-6-16(17)22/h1-6,9,13-14H,7-8,10H2,(H,23,25)(H,24,26). The van der Waals surface area contributed by atoms with Crippen LogP contribution in [-0.4, -0.2) is 24.9 Å². The van der Waals surface area contributed by atoms with E-state index >= 15 is 0 Å². The second-order valence-corrected chi connectivity index (χ2v) is 6.15. The van der Waals surface area contributed by atoms with Crippen LogP contribution in [0, 0.1) is 23.4 Å². The molecule has 1 fully saturated rings. The summed E-state index contributed by atoms with van der Waals surface area (Å²) in [5.41, 5.74) is 0.140. The summed E-state index contributed by atoms with van der Waals surface area (Å²) in [6.45, 7) is 0.169. The fourth-order valence-corrected chi connectivity index (χ4v) is 2.89. The zero-order chi connectivity index (χ0) is 18.7. The Kier molecular flexibility index (Phi) is 5.25. The van der Waals surface area contributed by atoms with Crippen molar-refractivity contribution in [3.05, 3.63) is 71.0 Å². The Balaban J connectivity index is 1.43. The molecule has 2 aromatic rings. The molecule has 0 aromatic heterocycles. The van der Waals surface area contributed by atoms with Gasteiger partial charge in [-0.05, 0) is 42.2 Å². The van der Waals surface area contributed by atoms with Crippen molar-refractivity contribution in [2.45, 2.75) is 12.3 Å². The van der Waals surface area contributed by atoms with Gasteiger partial charge in [0.15, 0.2) is 0 Å². The second-order valence-electron chi connectivity index (χ2n) is 6.15. The molecular weight excluding hydrogens is 345 g/mol. The number of halogens is 3. The predicted molar refractivity (Wildman–Crippen MR) is 88.9 cm³/mol. The molecule has 1 saturated carbocycles. The molecule has 0 heterocycles. The third-order valence-corrected chi connectivity index (χ3v) is 4.30. The molecule has 2 amide bonds. The van der Waals surface area contributed by atoms with Crippen LogP contribution in [0.5, 0.6) is 0 Å². The number of amides is 2. The molecule has 2 aromatic carbocycles. The highest BCUT2D eigenvalue weighted by Gasteiger charge is 2.43. The number of rotatable bonds is 6. The van der Waals surface area contributed by atoms with Gasteiger partial charge in [0.05, 0.1) is 0 Å². The van der Waals surface area contributed by atoms with Crippen molar-refractivity contribution in [2.24, 2.45) is 5.92 Å². The second kappa shape index (κ2) is 7.59. The zero-order valence-corrected chi connectivity index (χ0v) is 13.8. The van der Waals surface area contributed by atoms with Gasteiger partial charge in [-0.25, -0.2) is 13.2 Å². The molecule has 4 nitrogen and oxygen atoms in total. The van der Waals surface area contributed by atoms with Gasteiger partial charge in [0.1, 0.15) is 23.0 Å². The minimum atomic E-state index is -0.942. The molecule has 0 spiro atoms. The van der Waals surface area contributed by atoms with Crippen LogP contribution in [-0.2, 0) is 4.79 Å². The molecule has 1 aliphatic rings. The summed E-state index contributed by atoms with van der Waals surface area (Å²) in [5.74, 6) is -3.52. The van der Waals surface area contributed by atoms with Crippen molar-refractivity contribution in [1.29, 1.82) is 0 Å². The van der Waals surface area contributed by atoms with Crippen molar-refractivity contribution in [3.63, 3.8) is 0 Å². The summed E-state index contributed by atoms with van der Waals surface area (Å²) in [5, 5.41) is 5.02. The first-order valence-corrected chi connectivity index (χ1v) is 8.22. The lowest BCUT2D eigenvalue weighted by Gasteiger charge is -2.08. The van der Waals surface area contributed by atoms with Crippen molar-refractivity contribution in [2.75, 3.05) is 13.1 Å². The van der Waals surface area contributed by atoms with E-state index in [2.05, 4.69) is 10.6 Å². The van der Waals surface area contributed by atoms with E-state index in [4.69, 9.17) is 0 Å². The van der Waals surface area contributed by atoms with Crippen molar-refractivity contribution in [1.82, 2.24) is 10.6 Å². The molecule has 7 heteroatoms. The van der Waals surface area contributed by atoms with E-state index in [-0.39, 0.29) is 36.6 Å². The minimum absolute atomic E-state index is 0.00667. The summed E-state index contributed by atoms with van der Waals surface area (Å²) in [6.07, 6.45) is 0.641. The van der Waals surface area contributed by atoms with E-state index in [1.54, 1.807) is 12.1 Å². The molecular formula is C19H17F3N2O2. The summed E-state index contributed by atoms with van der Waals surface area (Å²) in [4.78, 5) is 23.9. The lowest BCUT2D eigenvalue weighted by atomic mass is 10.1. The summed E-state index contributed by atoms with van der Waals surface area (Å²) in [7, 11) is 0. The Bertz CT molecular complexity index is 821. The Morgan fingerprint density at radius 1 is 0.962 bits per heavy atom. The van der Waals surface area contributed by atoms with Crippen molar-refractivity contribution >= 4 is 11.8 Å². The van der Waals surface area contributed by atoms with Gasteiger partial charge in [0.25, 0.3) is 5.91 Å². The monoisotopic (exact) mass is 362 g/mol. The van der Waals surface area contributed by atoms with Gasteiger partial charge in [-0.15, -0.1) is 0 Å². The number of hydrogen-bond donors (Lipinski definition) is 2. The number of carbonyl (C=O) groups is 2. The Labute approximate surface area is 148 Å². The highest BCUT2D eigenvalue weighted by molar-refractivity contribution is 5.94. The van der Waals surface area contributed by atoms with E-state index in [1.165, 1.54) is 18.2 Å². The fraction of sp³-hybridized carbons (Fsp3) is 0.263. The average Bonchev–Trinajstić information content (AvgIpc) is 3.39. The minimum Gasteiger partial charge on any atom is -0.354 e. The van der Waals surface area contributed by atoms with Crippen LogP contribution in [0.3, 0.4) is 0 Å². The average molecular weight is 362 g/mol. The SMILES string of the molecule is O=C(NCCNC(=O)C1CC1c1cccc(F)c1)c1c(F)cccc1F. The number of benzene rings is 2. The van der Waals surface area contributed by atoms with Gasteiger partial charge in [0, 0.05) is 19.0 Å². The van der Waals surface area contributed by atoms with Gasteiger partial charge in [-0.2, -0.15) is 0 Å². The topological polar surface area (TPSA) is 58.2 Å². The molecule has 1 aliphatic carbocycles. The van der Waals surface area contributed by atoms with Crippen LogP contribution in [0.4, 0.5) is 13.2 Å². The maximum absolute atomic E-state index is 13.5. The Morgan fingerprint density at radius 3 is 2.31 bits per heavy atom. The molecule has 26 heavy (non-hydrogen) atoms. The predicted octanol–water partition coefficient (Wildman–Crippen LogP) is 2.75. The van der Waals surface area contributed by atoms with Gasteiger partial charge >= 0.3 is 0 Å². The van der Waals surface area contributed by atoms with E-state index in [0.29, 0.717) is 6.42 Å². The van der Waals surface area contributed by atoms with Crippen molar-refractivity contribution in [3.8, 4) is 0 Å². The lowest BCUT2D eigenvalue weighted by molar-refractivity contribution is -0.122. The summed E-state index contributed by atoms with van der Waals surface area (Å²) in [6, 6.07) is 9.33. The normalized spacial score (nSPS) is 18.3. The Hall–Kier alpha value is -2.83. The van der Waals surface area contributed by atoms with Crippen LogP contribution in [0.1, 0.15) is 28.3 Å². The summed E-state index contributed by atoms with van der Waals surface area (Å²) < 4.78 is 40.2. The van der Waals surface area contributed by atoms with Gasteiger partial charge in [0.2, 0.25) is 5.91 Å². The first-order valence-electron chi connectivity index (χ1n) is 8.22. The van der Waals surface area contributed by atoms with Crippen LogP contribution in [0.15, 0.2) is 42.5 Å². The highest BCUT2D eigenvalue weighted by Crippen LogP contribution is 2.47. The molecule has 136 valence electrons. The van der Waals surface area contributed by atoms with Crippen LogP contribution in [0.25, 0.3) is 0 Å². The smallest absolute Gasteiger partial charge is 0.257 e. The zero-order valence-electron chi connectivity index (χ0n) is 13.8. The van der Waals surface area contributed by atoms with Crippen molar-refractivity contribution < 1.29 is 22.8 Å². The maximum atomic E-state index is 13.5. The van der Waals surface area contributed by atoms with E-state index in [1.807, 2.05) is 0 Å². The highest BCUT2D eigenvalue weighted by atomic mass is 19.1. The van der Waals surface area contributed by atoms with E-state index in [9.17, 15) is 22.8 Å². The quantitative estimate of drug-likeness (QED) is 0.777. The Morgan fingerprint density at radius 2 is 1.62 bits per heavy atom. The lowest BCUT2D eigenvalue weighted by Crippen LogP contribution is -2.36. The van der Waals surface area contributed by atoms with E-state index in [0.717, 1.165) is 17.7 Å². The first-order chi connectivity index (χ1) is 12.5. The molecule has 0 aliphatic heterocycles. The number of carbonyl (C=O) groups excluding carboxylic acids is 2. The third-order valence-electron chi connectivity index (χ3n) is 4.30. The molecule has 0 saturated heterocycles. The van der Waals surface area contributed by atoms with Gasteiger partial charge < -0.3 is 10.6 Å². The molecule has 0 radical (unpaired) electrons. The number of nitrogens with one attached hydrogen (secondary N) is 2. The largest absolute Gasteiger partial charge is 0.354 e. The summed E-state index contributed by atoms with van der Waals surface area (Å²) >= 11 is 0. The van der Waals surface area contributed by atoms with Crippen LogP contribution < -0.4 is 10.6 Å². The van der Waals surface area contributed by atoms with Crippen LogP contribution >= 0.6 is 0 Å². The molecule has 0 bridgehead atoms. The maximum Gasteiger partial charge on any atom is 0.257 e. The molecule has 2 N–H and O–H groups in total. The van der Waals surface area contributed by atoms with E-state index < -0.39 is 23.1 Å². The molecule has 3 rings (SSSR count). The van der Waals surface area contributed by atoms with Gasteiger partial charge in [-0.3, -0.25) is 9.59 Å². The third kappa shape index (κ3) is 4.04. The number of hydrogen-bond acceptors (Lipinski definition) is 2. The first kappa shape index (κ1) is 18.0. The van der Waals surface area contributed by atoms with Gasteiger partial charge in [-0.1, -0.05) is 18.2 Å². The van der Waals surface area contributed by atoms with Crippen LogP contribution in [0.2, 0.25) is 0 Å².